The lowest BCUT2D eigenvalue weighted by Crippen LogP contribution is -2.14. The Balaban J connectivity index is 2.09. The van der Waals surface area contributed by atoms with Gasteiger partial charge in [0, 0.05) is 16.9 Å². The molecule has 1 aromatic rings. The summed E-state index contributed by atoms with van der Waals surface area (Å²) in [5.74, 6) is 0.708. The molecular formula is C19H20OS. The molecule has 1 aliphatic carbocycles. The molecule has 0 amide bonds. The molecule has 0 fully saturated rings. The minimum atomic E-state index is 0.135. The van der Waals surface area contributed by atoms with E-state index in [-0.39, 0.29) is 5.78 Å². The standard InChI is InChI=1S/C19H20OS/c1-14(2)12-16-8-10-17(18(20)13-16)19(21)11-9-15-6-4-3-5-7-15/h3-11,14H,12-13H2,1-2H3. The van der Waals surface area contributed by atoms with Crippen LogP contribution in [0, 0.1) is 5.92 Å². The van der Waals surface area contributed by atoms with E-state index in [2.05, 4.69) is 19.9 Å². The molecule has 2 rings (SSSR count). The summed E-state index contributed by atoms with van der Waals surface area (Å²) >= 11 is 5.37. The van der Waals surface area contributed by atoms with Gasteiger partial charge in [-0.25, -0.2) is 0 Å². The van der Waals surface area contributed by atoms with Crippen molar-refractivity contribution in [1.82, 2.24) is 0 Å². The van der Waals surface area contributed by atoms with E-state index < -0.39 is 0 Å². The van der Waals surface area contributed by atoms with E-state index in [1.54, 1.807) is 0 Å². The average Bonchev–Trinajstić information content (AvgIpc) is 2.45. The molecule has 0 unspecified atom stereocenters. The van der Waals surface area contributed by atoms with E-state index in [0.717, 1.165) is 12.0 Å². The Morgan fingerprint density at radius 2 is 1.95 bits per heavy atom. The van der Waals surface area contributed by atoms with Gasteiger partial charge in [0.05, 0.1) is 0 Å². The number of allylic oxidation sites excluding steroid dienone is 5. The summed E-state index contributed by atoms with van der Waals surface area (Å²) in [5, 5.41) is 0. The van der Waals surface area contributed by atoms with Gasteiger partial charge < -0.3 is 0 Å². The van der Waals surface area contributed by atoms with E-state index in [9.17, 15) is 4.79 Å². The van der Waals surface area contributed by atoms with Crippen LogP contribution in [0.2, 0.25) is 0 Å². The molecule has 0 bridgehead atoms. The number of carbonyl (C=O) groups is 1. The molecule has 0 saturated heterocycles. The number of benzene rings is 1. The first kappa shape index (κ1) is 15.6. The predicted molar refractivity (Wildman–Crippen MR) is 93.3 cm³/mol. The van der Waals surface area contributed by atoms with E-state index >= 15 is 0 Å². The van der Waals surface area contributed by atoms with Crippen LogP contribution >= 0.6 is 12.2 Å². The third kappa shape index (κ3) is 4.61. The highest BCUT2D eigenvalue weighted by molar-refractivity contribution is 7.81. The summed E-state index contributed by atoms with van der Waals surface area (Å²) in [7, 11) is 0. The first-order chi connectivity index (χ1) is 10.1. The van der Waals surface area contributed by atoms with Crippen molar-refractivity contribution in [3.8, 4) is 0 Å². The summed E-state index contributed by atoms with van der Waals surface area (Å²) in [6.45, 7) is 4.33. The zero-order chi connectivity index (χ0) is 15.2. The fraction of sp³-hybridized carbons (Fsp3) is 0.263. The maximum atomic E-state index is 12.2. The molecule has 2 heteroatoms. The van der Waals surface area contributed by atoms with E-state index in [1.807, 2.05) is 48.6 Å². The van der Waals surface area contributed by atoms with Crippen LogP contribution in [0.4, 0.5) is 0 Å². The number of ketones is 1. The van der Waals surface area contributed by atoms with E-state index in [1.165, 1.54) is 5.57 Å². The maximum absolute atomic E-state index is 12.2. The first-order valence-electron chi connectivity index (χ1n) is 7.26. The Bertz CT molecular complexity index is 618. The summed E-state index contributed by atoms with van der Waals surface area (Å²) < 4.78 is 0. The second-order valence-corrected chi connectivity index (χ2v) is 6.15. The lowest BCUT2D eigenvalue weighted by molar-refractivity contribution is -0.114. The maximum Gasteiger partial charge on any atom is 0.168 e. The van der Waals surface area contributed by atoms with Crippen LogP contribution in [0.1, 0.15) is 32.3 Å². The highest BCUT2D eigenvalue weighted by Gasteiger charge is 2.18. The number of thiocarbonyl (C=S) groups is 1. The topological polar surface area (TPSA) is 17.1 Å². The Hall–Kier alpha value is -1.80. The SMILES string of the molecule is CC(C)CC1=CC=C(C(=S)C=Cc2ccccc2)C(=O)C1. The third-order valence-corrected chi connectivity index (χ3v) is 3.69. The molecule has 0 saturated carbocycles. The Morgan fingerprint density at radius 3 is 2.57 bits per heavy atom. The largest absolute Gasteiger partial charge is 0.294 e. The highest BCUT2D eigenvalue weighted by atomic mass is 32.1. The van der Waals surface area contributed by atoms with Crippen molar-refractivity contribution in [3.05, 3.63) is 65.3 Å². The van der Waals surface area contributed by atoms with Crippen LogP contribution in [0.15, 0.2) is 59.7 Å². The van der Waals surface area contributed by atoms with Gasteiger partial charge >= 0.3 is 0 Å². The average molecular weight is 296 g/mol. The molecule has 0 atom stereocenters. The van der Waals surface area contributed by atoms with Crippen molar-refractivity contribution in [1.29, 1.82) is 0 Å². The number of rotatable bonds is 5. The molecule has 0 radical (unpaired) electrons. The molecule has 0 N–H and O–H groups in total. The lowest BCUT2D eigenvalue weighted by atomic mass is 9.90. The van der Waals surface area contributed by atoms with Crippen LogP contribution in [0.5, 0.6) is 0 Å². The second kappa shape index (κ2) is 7.28. The second-order valence-electron chi connectivity index (χ2n) is 5.71. The monoisotopic (exact) mass is 296 g/mol. The molecule has 21 heavy (non-hydrogen) atoms. The molecule has 1 aromatic carbocycles. The predicted octanol–water partition coefficient (Wildman–Crippen LogP) is 4.94. The lowest BCUT2D eigenvalue weighted by Gasteiger charge is -2.14. The van der Waals surface area contributed by atoms with Crippen molar-refractivity contribution in [2.75, 3.05) is 0 Å². The third-order valence-electron chi connectivity index (χ3n) is 3.34. The quantitative estimate of drug-likeness (QED) is 0.565. The normalized spacial score (nSPS) is 15.3. The Kier molecular flexibility index (Phi) is 5.40. The van der Waals surface area contributed by atoms with E-state index in [0.29, 0.717) is 22.8 Å². The molecule has 0 aliphatic heterocycles. The van der Waals surface area contributed by atoms with E-state index in [4.69, 9.17) is 12.2 Å². The molecule has 1 nitrogen and oxygen atoms in total. The van der Waals surface area contributed by atoms with Gasteiger partial charge in [-0.05, 0) is 30.1 Å². The minimum Gasteiger partial charge on any atom is -0.294 e. The summed E-state index contributed by atoms with van der Waals surface area (Å²) in [4.78, 5) is 12.8. The Labute approximate surface area is 132 Å². The molecule has 1 aliphatic rings. The van der Waals surface area contributed by atoms with Crippen LogP contribution in [-0.2, 0) is 4.79 Å². The summed E-state index contributed by atoms with van der Waals surface area (Å²) in [6, 6.07) is 9.96. The van der Waals surface area contributed by atoms with Crippen molar-refractivity contribution < 1.29 is 4.79 Å². The zero-order valence-electron chi connectivity index (χ0n) is 12.5. The van der Waals surface area contributed by atoms with Crippen LogP contribution in [-0.4, -0.2) is 10.6 Å². The van der Waals surface area contributed by atoms with Crippen LogP contribution in [0.25, 0.3) is 6.08 Å². The minimum absolute atomic E-state index is 0.135. The number of Topliss-reactive ketones (excluding diaryl/α,β-unsaturated/α-hetero) is 1. The summed E-state index contributed by atoms with van der Waals surface area (Å²) in [5.41, 5.74) is 2.94. The first-order valence-corrected chi connectivity index (χ1v) is 7.67. The molecule has 0 spiro atoms. The van der Waals surface area contributed by atoms with Gasteiger partial charge in [0.25, 0.3) is 0 Å². The van der Waals surface area contributed by atoms with Crippen LogP contribution < -0.4 is 0 Å². The van der Waals surface area contributed by atoms with Crippen LogP contribution in [0.3, 0.4) is 0 Å². The van der Waals surface area contributed by atoms with Gasteiger partial charge in [0.2, 0.25) is 0 Å². The molecular weight excluding hydrogens is 276 g/mol. The van der Waals surface area contributed by atoms with Gasteiger partial charge in [-0.1, -0.05) is 74.1 Å². The van der Waals surface area contributed by atoms with Crippen molar-refractivity contribution in [2.45, 2.75) is 26.7 Å². The fourth-order valence-electron chi connectivity index (χ4n) is 2.36. The Morgan fingerprint density at radius 1 is 1.24 bits per heavy atom. The van der Waals surface area contributed by atoms with Gasteiger partial charge in [-0.3, -0.25) is 4.79 Å². The fourth-order valence-corrected chi connectivity index (χ4v) is 2.61. The summed E-state index contributed by atoms with van der Waals surface area (Å²) in [6.07, 6.45) is 9.20. The highest BCUT2D eigenvalue weighted by Crippen LogP contribution is 2.22. The smallest absolute Gasteiger partial charge is 0.168 e. The van der Waals surface area contributed by atoms with Crippen molar-refractivity contribution in [2.24, 2.45) is 5.92 Å². The number of hydrogen-bond acceptors (Lipinski definition) is 2. The zero-order valence-corrected chi connectivity index (χ0v) is 13.3. The van der Waals surface area contributed by atoms with Gasteiger partial charge in [0.1, 0.15) is 0 Å². The van der Waals surface area contributed by atoms with Gasteiger partial charge in [-0.2, -0.15) is 0 Å². The van der Waals surface area contributed by atoms with Gasteiger partial charge in [-0.15, -0.1) is 0 Å². The molecule has 0 aromatic heterocycles. The number of carbonyl (C=O) groups excluding carboxylic acids is 1. The van der Waals surface area contributed by atoms with Gasteiger partial charge in [0.15, 0.2) is 5.78 Å². The molecule has 108 valence electrons. The van der Waals surface area contributed by atoms with Crippen molar-refractivity contribution in [3.63, 3.8) is 0 Å². The molecule has 0 heterocycles. The van der Waals surface area contributed by atoms with Crippen molar-refractivity contribution >= 4 is 28.9 Å². The number of hydrogen-bond donors (Lipinski definition) is 0.